The number of hydrogen-bond acceptors (Lipinski definition) is 2. The Labute approximate surface area is 149 Å². The van der Waals surface area contributed by atoms with Crippen LogP contribution in [0.2, 0.25) is 0 Å². The maximum atomic E-state index is 10.7. The van der Waals surface area contributed by atoms with Gasteiger partial charge in [-0.25, -0.2) is 0 Å². The highest BCUT2D eigenvalue weighted by Gasteiger charge is 2.37. The second-order valence-electron chi connectivity index (χ2n) is 7.85. The fourth-order valence-corrected chi connectivity index (χ4v) is 4.61. The molecule has 0 heterocycles. The number of halogens is 1. The van der Waals surface area contributed by atoms with Gasteiger partial charge in [-0.05, 0) is 57.8 Å². The normalized spacial score (nSPS) is 41.0. The summed E-state index contributed by atoms with van der Waals surface area (Å²) < 4.78 is 0. The predicted molar refractivity (Wildman–Crippen MR) is 101 cm³/mol. The maximum Gasteiger partial charge on any atom is 0.0825 e. The first-order valence-corrected chi connectivity index (χ1v) is 9.64. The summed E-state index contributed by atoms with van der Waals surface area (Å²) in [5.74, 6) is 0.850. The summed E-state index contributed by atoms with van der Waals surface area (Å²) in [4.78, 5) is 0.105. The van der Waals surface area contributed by atoms with E-state index in [0.29, 0.717) is 11.8 Å². The summed E-state index contributed by atoms with van der Waals surface area (Å²) in [6.07, 6.45) is 6.20. The third-order valence-corrected chi connectivity index (χ3v) is 7.32. The Bertz CT molecular complexity index is 506. The SMILES string of the molecule is C=C1CCC(C)C(=C)C1C(O)C=C(C)C1CCC(C)(O)C(Br)C1. The Kier molecular flexibility index (Phi) is 5.97. The topological polar surface area (TPSA) is 40.5 Å². The van der Waals surface area contributed by atoms with Gasteiger partial charge in [0.15, 0.2) is 0 Å². The predicted octanol–water partition coefficient (Wildman–Crippen LogP) is 4.77. The minimum atomic E-state index is -0.628. The minimum Gasteiger partial charge on any atom is -0.389 e. The molecule has 2 saturated carbocycles. The van der Waals surface area contributed by atoms with Gasteiger partial charge in [0.05, 0.1) is 11.7 Å². The van der Waals surface area contributed by atoms with Crippen molar-refractivity contribution in [3.05, 3.63) is 36.0 Å². The summed E-state index contributed by atoms with van der Waals surface area (Å²) in [5.41, 5.74) is 2.81. The van der Waals surface area contributed by atoms with Crippen molar-refractivity contribution in [3.63, 3.8) is 0 Å². The molecule has 0 saturated heterocycles. The van der Waals surface area contributed by atoms with E-state index in [4.69, 9.17) is 0 Å². The van der Waals surface area contributed by atoms with Crippen molar-refractivity contribution >= 4 is 15.9 Å². The number of aliphatic hydroxyl groups is 2. The molecule has 0 aromatic rings. The monoisotopic (exact) mass is 382 g/mol. The first kappa shape index (κ1) is 19.0. The molecule has 2 nitrogen and oxygen atoms in total. The molecule has 0 radical (unpaired) electrons. The fourth-order valence-electron chi connectivity index (χ4n) is 3.93. The van der Waals surface area contributed by atoms with Gasteiger partial charge in [0, 0.05) is 10.7 Å². The smallest absolute Gasteiger partial charge is 0.0825 e. The van der Waals surface area contributed by atoms with Crippen LogP contribution in [0.1, 0.15) is 52.9 Å². The fraction of sp³-hybridized carbons (Fsp3) is 0.700. The van der Waals surface area contributed by atoms with Crippen molar-refractivity contribution < 1.29 is 10.2 Å². The minimum absolute atomic E-state index is 0.0137. The zero-order chi connectivity index (χ0) is 17.4. The van der Waals surface area contributed by atoms with Gasteiger partial charge in [-0.1, -0.05) is 58.8 Å². The van der Waals surface area contributed by atoms with E-state index >= 15 is 0 Å². The Morgan fingerprint density at radius 3 is 2.65 bits per heavy atom. The first-order valence-electron chi connectivity index (χ1n) is 8.72. The van der Waals surface area contributed by atoms with Gasteiger partial charge in [-0.15, -0.1) is 0 Å². The van der Waals surface area contributed by atoms with Crippen molar-refractivity contribution in [1.29, 1.82) is 0 Å². The molecule has 3 heteroatoms. The van der Waals surface area contributed by atoms with Crippen LogP contribution in [0.25, 0.3) is 0 Å². The van der Waals surface area contributed by atoms with E-state index in [1.165, 1.54) is 5.57 Å². The summed E-state index contributed by atoms with van der Waals surface area (Å²) in [6.45, 7) is 14.6. The second-order valence-corrected chi connectivity index (χ2v) is 8.95. The van der Waals surface area contributed by atoms with E-state index in [1.807, 2.05) is 13.0 Å². The van der Waals surface area contributed by atoms with Gasteiger partial charge in [0.2, 0.25) is 0 Å². The second kappa shape index (κ2) is 7.25. The highest BCUT2D eigenvalue weighted by Crippen LogP contribution is 2.41. The van der Waals surface area contributed by atoms with Gasteiger partial charge in [-0.2, -0.15) is 0 Å². The third kappa shape index (κ3) is 4.18. The highest BCUT2D eigenvalue weighted by molar-refractivity contribution is 9.09. The highest BCUT2D eigenvalue weighted by atomic mass is 79.9. The van der Waals surface area contributed by atoms with Crippen LogP contribution in [0.3, 0.4) is 0 Å². The molecule has 0 aromatic carbocycles. The lowest BCUT2D eigenvalue weighted by Gasteiger charge is -2.39. The summed E-state index contributed by atoms with van der Waals surface area (Å²) in [5, 5.41) is 21.0. The van der Waals surface area contributed by atoms with E-state index in [0.717, 1.165) is 43.3 Å². The van der Waals surface area contributed by atoms with Crippen LogP contribution in [0.5, 0.6) is 0 Å². The number of hydrogen-bond donors (Lipinski definition) is 2. The standard InChI is InChI=1S/C20H31BrO2/c1-12-6-7-13(2)19(15(12)4)17(22)10-14(3)16-8-9-20(5,23)18(21)11-16/h10,12,16-19,22-23H,2,4,6-9,11H2,1,3,5H3. The van der Waals surface area contributed by atoms with E-state index in [1.54, 1.807) is 0 Å². The number of allylic oxidation sites excluding steroid dienone is 1. The molecule has 0 aromatic heterocycles. The molecule has 2 rings (SSSR count). The van der Waals surface area contributed by atoms with Crippen LogP contribution in [0.4, 0.5) is 0 Å². The van der Waals surface area contributed by atoms with E-state index in [-0.39, 0.29) is 10.7 Å². The van der Waals surface area contributed by atoms with Crippen molar-refractivity contribution in [2.24, 2.45) is 17.8 Å². The molecule has 2 aliphatic carbocycles. The van der Waals surface area contributed by atoms with Crippen molar-refractivity contribution in [2.75, 3.05) is 0 Å². The average Bonchev–Trinajstić information content (AvgIpc) is 2.46. The average molecular weight is 383 g/mol. The molecule has 130 valence electrons. The largest absolute Gasteiger partial charge is 0.389 e. The van der Waals surface area contributed by atoms with E-state index in [9.17, 15) is 10.2 Å². The number of alkyl halides is 1. The van der Waals surface area contributed by atoms with Gasteiger partial charge in [0.25, 0.3) is 0 Å². The van der Waals surface area contributed by atoms with Gasteiger partial charge >= 0.3 is 0 Å². The molecular weight excluding hydrogens is 352 g/mol. The molecule has 23 heavy (non-hydrogen) atoms. The van der Waals surface area contributed by atoms with Gasteiger partial charge < -0.3 is 10.2 Å². The van der Waals surface area contributed by atoms with Crippen molar-refractivity contribution in [3.8, 4) is 0 Å². The lowest BCUT2D eigenvalue weighted by Crippen LogP contribution is -2.41. The zero-order valence-electron chi connectivity index (χ0n) is 14.7. The lowest BCUT2D eigenvalue weighted by molar-refractivity contribution is 0.0213. The number of aliphatic hydroxyl groups excluding tert-OH is 1. The quantitative estimate of drug-likeness (QED) is 0.545. The summed E-state index contributed by atoms with van der Waals surface area (Å²) in [6, 6.07) is 0. The Balaban J connectivity index is 2.08. The van der Waals surface area contributed by atoms with E-state index in [2.05, 4.69) is 42.9 Å². The molecule has 6 atom stereocenters. The summed E-state index contributed by atoms with van der Waals surface area (Å²) >= 11 is 3.62. The molecule has 0 amide bonds. The molecule has 0 spiro atoms. The van der Waals surface area contributed by atoms with Crippen LogP contribution in [0.15, 0.2) is 36.0 Å². The molecule has 2 N–H and O–H groups in total. The van der Waals surface area contributed by atoms with Crippen LogP contribution in [0, 0.1) is 17.8 Å². The van der Waals surface area contributed by atoms with Crippen molar-refractivity contribution in [2.45, 2.75) is 69.4 Å². The Morgan fingerprint density at radius 2 is 2.04 bits per heavy atom. The molecule has 6 unspecified atom stereocenters. The zero-order valence-corrected chi connectivity index (χ0v) is 16.3. The number of rotatable bonds is 3. The van der Waals surface area contributed by atoms with Crippen LogP contribution in [-0.4, -0.2) is 26.7 Å². The molecule has 0 bridgehead atoms. The first-order chi connectivity index (χ1) is 10.6. The lowest BCUT2D eigenvalue weighted by atomic mass is 9.72. The third-order valence-electron chi connectivity index (χ3n) is 5.96. The Hall–Kier alpha value is -0.380. The molecule has 0 aliphatic heterocycles. The summed E-state index contributed by atoms with van der Waals surface area (Å²) in [7, 11) is 0. The molecule has 2 aliphatic rings. The van der Waals surface area contributed by atoms with Crippen LogP contribution < -0.4 is 0 Å². The van der Waals surface area contributed by atoms with Crippen molar-refractivity contribution in [1.82, 2.24) is 0 Å². The van der Waals surface area contributed by atoms with Crippen LogP contribution >= 0.6 is 15.9 Å². The van der Waals surface area contributed by atoms with E-state index < -0.39 is 11.7 Å². The van der Waals surface area contributed by atoms with Gasteiger partial charge in [-0.3, -0.25) is 0 Å². The molecular formula is C20H31BrO2. The Morgan fingerprint density at radius 1 is 1.39 bits per heavy atom. The van der Waals surface area contributed by atoms with Gasteiger partial charge in [0.1, 0.15) is 0 Å². The van der Waals surface area contributed by atoms with Crippen LogP contribution in [-0.2, 0) is 0 Å². The molecule has 2 fully saturated rings. The maximum absolute atomic E-state index is 10.7.